The zero-order valence-corrected chi connectivity index (χ0v) is 9.65. The van der Waals surface area contributed by atoms with Crippen molar-refractivity contribution >= 4 is 28.9 Å². The summed E-state index contributed by atoms with van der Waals surface area (Å²) in [5.41, 5.74) is 0.737. The summed E-state index contributed by atoms with van der Waals surface area (Å²) in [5.74, 6) is -0.114. The minimum atomic E-state index is -0.745. The van der Waals surface area contributed by atoms with Crippen LogP contribution in [0.2, 0.25) is 0 Å². The van der Waals surface area contributed by atoms with Crippen LogP contribution in [0, 0.1) is 0 Å². The third kappa shape index (κ3) is 1.79. The fraction of sp³-hybridized carbons (Fsp3) is 0.273. The highest BCUT2D eigenvalue weighted by Crippen LogP contribution is 2.21. The number of nitrogens with zero attached hydrogens (tertiary/aromatic N) is 2. The van der Waals surface area contributed by atoms with Gasteiger partial charge in [0, 0.05) is 0 Å². The average molecular weight is 236 g/mol. The van der Waals surface area contributed by atoms with Crippen molar-refractivity contribution in [2.45, 2.75) is 13.2 Å². The lowest BCUT2D eigenvalue weighted by Gasteiger charge is -2.22. The van der Waals surface area contributed by atoms with Gasteiger partial charge in [-0.15, -0.1) is 0 Å². The SMILES string of the molecule is CC(O)N1CC(=O)N(c2ccccc2)C1=S. The normalized spacial score (nSPS) is 18.1. The highest BCUT2D eigenvalue weighted by molar-refractivity contribution is 7.80. The number of rotatable bonds is 2. The van der Waals surface area contributed by atoms with Crippen molar-refractivity contribution in [3.05, 3.63) is 30.3 Å². The van der Waals surface area contributed by atoms with Crippen LogP contribution in [0.1, 0.15) is 6.92 Å². The number of benzene rings is 1. The van der Waals surface area contributed by atoms with E-state index in [1.54, 1.807) is 6.92 Å². The maximum atomic E-state index is 11.8. The first-order valence-corrected chi connectivity index (χ1v) is 5.39. The van der Waals surface area contributed by atoms with Gasteiger partial charge in [-0.3, -0.25) is 9.69 Å². The van der Waals surface area contributed by atoms with E-state index < -0.39 is 6.23 Å². The molecular formula is C11H12N2O2S. The smallest absolute Gasteiger partial charge is 0.253 e. The van der Waals surface area contributed by atoms with Crippen LogP contribution in [-0.2, 0) is 4.79 Å². The van der Waals surface area contributed by atoms with Crippen LogP contribution >= 0.6 is 12.2 Å². The minimum absolute atomic E-state index is 0.114. The first-order chi connectivity index (χ1) is 7.61. The van der Waals surface area contributed by atoms with Crippen LogP contribution in [0.25, 0.3) is 0 Å². The number of para-hydroxylation sites is 1. The Labute approximate surface area is 99.1 Å². The van der Waals surface area contributed by atoms with Gasteiger partial charge in [-0.2, -0.15) is 0 Å². The highest BCUT2D eigenvalue weighted by atomic mass is 32.1. The fourth-order valence-corrected chi connectivity index (χ4v) is 2.07. The molecule has 1 N–H and O–H groups in total. The molecule has 1 aliphatic rings. The van der Waals surface area contributed by atoms with Crippen LogP contribution < -0.4 is 4.90 Å². The van der Waals surface area contributed by atoms with Crippen molar-refractivity contribution < 1.29 is 9.90 Å². The van der Waals surface area contributed by atoms with E-state index in [-0.39, 0.29) is 12.5 Å². The molecule has 2 rings (SSSR count). The maximum absolute atomic E-state index is 11.8. The van der Waals surface area contributed by atoms with Crippen LogP contribution in [0.3, 0.4) is 0 Å². The van der Waals surface area contributed by atoms with Gasteiger partial charge in [0.05, 0.1) is 5.69 Å². The Morgan fingerprint density at radius 1 is 1.38 bits per heavy atom. The third-order valence-electron chi connectivity index (χ3n) is 2.46. The summed E-state index contributed by atoms with van der Waals surface area (Å²) in [6, 6.07) is 9.19. The molecular weight excluding hydrogens is 224 g/mol. The number of hydrogen-bond donors (Lipinski definition) is 1. The summed E-state index contributed by atoms with van der Waals surface area (Å²) in [6.45, 7) is 1.72. The second-order valence-electron chi connectivity index (χ2n) is 3.61. The molecule has 1 saturated heterocycles. The number of hydrogen-bond acceptors (Lipinski definition) is 3. The Kier molecular flexibility index (Phi) is 2.89. The molecule has 1 atom stereocenters. The molecule has 16 heavy (non-hydrogen) atoms. The lowest BCUT2D eigenvalue weighted by Crippen LogP contribution is -2.37. The van der Waals surface area contributed by atoms with Gasteiger partial charge in [0.2, 0.25) is 0 Å². The number of carbonyl (C=O) groups excluding carboxylic acids is 1. The van der Waals surface area contributed by atoms with Crippen LogP contribution in [0.15, 0.2) is 30.3 Å². The standard InChI is InChI=1S/C11H12N2O2S/c1-8(14)12-7-10(15)13(11(12)16)9-5-3-2-4-6-9/h2-6,8,14H,7H2,1H3. The Hall–Kier alpha value is -1.46. The van der Waals surface area contributed by atoms with E-state index >= 15 is 0 Å². The van der Waals surface area contributed by atoms with Crippen LogP contribution in [0.5, 0.6) is 0 Å². The molecule has 84 valence electrons. The molecule has 0 aliphatic carbocycles. The monoisotopic (exact) mass is 236 g/mol. The summed E-state index contributed by atoms with van der Waals surface area (Å²) in [5, 5.41) is 9.82. The summed E-state index contributed by atoms with van der Waals surface area (Å²) in [6.07, 6.45) is -0.745. The topological polar surface area (TPSA) is 43.8 Å². The van der Waals surface area contributed by atoms with E-state index in [1.807, 2.05) is 30.3 Å². The molecule has 4 nitrogen and oxygen atoms in total. The second-order valence-corrected chi connectivity index (χ2v) is 3.97. The van der Waals surface area contributed by atoms with E-state index in [1.165, 1.54) is 9.80 Å². The predicted octanol–water partition coefficient (Wildman–Crippen LogP) is 0.958. The van der Waals surface area contributed by atoms with Crippen molar-refractivity contribution in [2.24, 2.45) is 0 Å². The fourth-order valence-electron chi connectivity index (χ4n) is 1.64. The Morgan fingerprint density at radius 2 is 2.00 bits per heavy atom. The molecule has 0 radical (unpaired) electrons. The molecule has 1 aromatic rings. The van der Waals surface area contributed by atoms with E-state index in [2.05, 4.69) is 0 Å². The van der Waals surface area contributed by atoms with Crippen molar-refractivity contribution in [1.82, 2.24) is 4.90 Å². The molecule has 0 saturated carbocycles. The van der Waals surface area contributed by atoms with E-state index in [0.29, 0.717) is 5.11 Å². The van der Waals surface area contributed by atoms with Gasteiger partial charge in [0.1, 0.15) is 12.8 Å². The number of amides is 1. The molecule has 1 heterocycles. The highest BCUT2D eigenvalue weighted by Gasteiger charge is 2.35. The first-order valence-electron chi connectivity index (χ1n) is 4.98. The van der Waals surface area contributed by atoms with Crippen LogP contribution in [-0.4, -0.2) is 33.8 Å². The van der Waals surface area contributed by atoms with Gasteiger partial charge >= 0.3 is 0 Å². The summed E-state index contributed by atoms with van der Waals surface area (Å²) in [7, 11) is 0. The van der Waals surface area contributed by atoms with Gasteiger partial charge in [-0.1, -0.05) is 18.2 Å². The Morgan fingerprint density at radius 3 is 2.50 bits per heavy atom. The van der Waals surface area contributed by atoms with E-state index in [9.17, 15) is 9.90 Å². The molecule has 0 spiro atoms. The van der Waals surface area contributed by atoms with E-state index in [0.717, 1.165) is 5.69 Å². The molecule has 1 aliphatic heterocycles. The number of carbonyl (C=O) groups is 1. The zero-order valence-electron chi connectivity index (χ0n) is 8.83. The van der Waals surface area contributed by atoms with Crippen LogP contribution in [0.4, 0.5) is 5.69 Å². The number of thiocarbonyl (C=S) groups is 1. The quantitative estimate of drug-likeness (QED) is 0.777. The summed E-state index contributed by atoms with van der Waals surface area (Å²) in [4.78, 5) is 14.7. The summed E-state index contributed by atoms with van der Waals surface area (Å²) >= 11 is 5.17. The molecule has 1 aromatic carbocycles. The molecule has 5 heteroatoms. The lowest BCUT2D eigenvalue weighted by atomic mass is 10.3. The largest absolute Gasteiger partial charge is 0.374 e. The molecule has 1 fully saturated rings. The zero-order chi connectivity index (χ0) is 11.7. The first kappa shape index (κ1) is 11.0. The van der Waals surface area contributed by atoms with Gasteiger partial charge in [0.15, 0.2) is 5.11 Å². The van der Waals surface area contributed by atoms with E-state index in [4.69, 9.17) is 12.2 Å². The minimum Gasteiger partial charge on any atom is -0.374 e. The number of aliphatic hydroxyl groups is 1. The number of aliphatic hydroxyl groups excluding tert-OH is 1. The second kappa shape index (κ2) is 4.19. The molecule has 1 amide bonds. The van der Waals surface area contributed by atoms with Crippen molar-refractivity contribution in [3.63, 3.8) is 0 Å². The summed E-state index contributed by atoms with van der Waals surface area (Å²) < 4.78 is 0. The van der Waals surface area contributed by atoms with Crippen molar-refractivity contribution in [2.75, 3.05) is 11.4 Å². The maximum Gasteiger partial charge on any atom is 0.253 e. The van der Waals surface area contributed by atoms with Crippen molar-refractivity contribution in [1.29, 1.82) is 0 Å². The Balaban J connectivity index is 2.30. The van der Waals surface area contributed by atoms with Crippen molar-refractivity contribution in [3.8, 4) is 0 Å². The average Bonchev–Trinajstić information content (AvgIpc) is 2.56. The Bertz CT molecular complexity index is 419. The molecule has 0 aromatic heterocycles. The van der Waals surface area contributed by atoms with Gasteiger partial charge in [-0.25, -0.2) is 0 Å². The predicted molar refractivity (Wildman–Crippen MR) is 64.9 cm³/mol. The third-order valence-corrected chi connectivity index (χ3v) is 2.87. The van der Waals surface area contributed by atoms with Gasteiger partial charge < -0.3 is 10.0 Å². The number of anilines is 1. The molecule has 0 bridgehead atoms. The molecule has 1 unspecified atom stereocenters. The van der Waals surface area contributed by atoms with Gasteiger partial charge in [-0.05, 0) is 31.3 Å². The van der Waals surface area contributed by atoms with Gasteiger partial charge in [0.25, 0.3) is 5.91 Å². The lowest BCUT2D eigenvalue weighted by molar-refractivity contribution is -0.117.